The van der Waals surface area contributed by atoms with Crippen LogP contribution in [-0.4, -0.2) is 27.4 Å². The van der Waals surface area contributed by atoms with Crippen molar-refractivity contribution in [3.05, 3.63) is 76.3 Å². The molecule has 0 radical (unpaired) electrons. The topological polar surface area (TPSA) is 73.6 Å². The number of ether oxygens (including phenoxy) is 2. The number of aromatic nitrogens is 2. The number of hydrogen-bond acceptors (Lipinski definition) is 4. The molecule has 0 spiro atoms. The van der Waals surface area contributed by atoms with Crippen LogP contribution in [0.2, 0.25) is 5.02 Å². The van der Waals surface area contributed by atoms with Gasteiger partial charge in [0.2, 0.25) is 6.79 Å². The first-order valence-corrected chi connectivity index (χ1v) is 11.0. The van der Waals surface area contributed by atoms with Crippen LogP contribution < -0.4 is 9.47 Å². The molecule has 1 aliphatic rings. The lowest BCUT2D eigenvalue weighted by Gasteiger charge is -2.16. The fourth-order valence-electron chi connectivity index (χ4n) is 3.90. The second-order valence-electron chi connectivity index (χ2n) is 7.71. The van der Waals surface area contributed by atoms with Crippen molar-refractivity contribution in [3.63, 3.8) is 0 Å². The molecular formula is C25H25ClN2O4. The van der Waals surface area contributed by atoms with Crippen LogP contribution in [0.3, 0.4) is 0 Å². The van der Waals surface area contributed by atoms with E-state index >= 15 is 0 Å². The van der Waals surface area contributed by atoms with E-state index in [0.29, 0.717) is 34.2 Å². The molecule has 2 aromatic carbocycles. The third kappa shape index (κ3) is 4.36. The summed E-state index contributed by atoms with van der Waals surface area (Å²) in [5.74, 6) is 1.06. The van der Waals surface area contributed by atoms with Crippen LogP contribution in [0.15, 0.2) is 48.7 Å². The summed E-state index contributed by atoms with van der Waals surface area (Å²) in [5.41, 5.74) is 3.09. The Labute approximate surface area is 192 Å². The van der Waals surface area contributed by atoms with Crippen LogP contribution in [0.1, 0.15) is 49.3 Å². The molecule has 1 N–H and O–H groups in total. The molecule has 1 aliphatic heterocycles. The van der Waals surface area contributed by atoms with Crippen molar-refractivity contribution in [2.24, 2.45) is 0 Å². The quantitative estimate of drug-likeness (QED) is 0.445. The second-order valence-corrected chi connectivity index (χ2v) is 8.12. The molecule has 0 atom stereocenters. The van der Waals surface area contributed by atoms with Gasteiger partial charge in [-0.2, -0.15) is 0 Å². The third-order valence-corrected chi connectivity index (χ3v) is 5.98. The number of allylic oxidation sites excluding steroid dienone is 1. The van der Waals surface area contributed by atoms with Gasteiger partial charge < -0.3 is 19.1 Å². The molecule has 0 fully saturated rings. The number of fused-ring (bicyclic) bond motifs is 1. The maximum Gasteiger partial charge on any atom is 0.336 e. The Balaban J connectivity index is 1.82. The number of carboxylic acid groups (broad SMARTS) is 1. The Morgan fingerprint density at radius 3 is 2.72 bits per heavy atom. The summed E-state index contributed by atoms with van der Waals surface area (Å²) in [5, 5.41) is 10.8. The van der Waals surface area contributed by atoms with E-state index in [1.807, 2.05) is 31.2 Å². The Morgan fingerprint density at radius 1 is 1.19 bits per heavy atom. The summed E-state index contributed by atoms with van der Waals surface area (Å²) in [4.78, 5) is 17.0. The maximum absolute atomic E-state index is 12.3. The summed E-state index contributed by atoms with van der Waals surface area (Å²) in [6.45, 7) is 4.60. The predicted molar refractivity (Wildman–Crippen MR) is 124 cm³/mol. The molecule has 6 nitrogen and oxygen atoms in total. The van der Waals surface area contributed by atoms with Crippen molar-refractivity contribution in [2.45, 2.75) is 39.7 Å². The van der Waals surface area contributed by atoms with E-state index in [2.05, 4.69) is 16.5 Å². The highest BCUT2D eigenvalue weighted by Gasteiger charge is 2.23. The molecule has 7 heteroatoms. The van der Waals surface area contributed by atoms with E-state index in [4.69, 9.17) is 21.1 Å². The lowest BCUT2D eigenvalue weighted by Crippen LogP contribution is -2.11. The van der Waals surface area contributed by atoms with Gasteiger partial charge in [0, 0.05) is 11.4 Å². The number of nitrogens with zero attached hydrogens (tertiary/aromatic N) is 2. The van der Waals surface area contributed by atoms with Gasteiger partial charge in [0.15, 0.2) is 11.5 Å². The van der Waals surface area contributed by atoms with Crippen LogP contribution >= 0.6 is 11.6 Å². The number of carbonyl (C=O) groups is 1. The van der Waals surface area contributed by atoms with E-state index < -0.39 is 5.97 Å². The standard InChI is InChI=1S/C25H25ClN2O4/c1-3-4-9-23-27-13-20(28(23)14-18-7-5-6-8-19(18)26)16(2)24(25(29)30)17-10-11-21-22(12-17)32-15-31-21/h5-8,10-13H,3-4,9,14-15H2,1-2H3,(H,29,30)/b24-16+. The summed E-state index contributed by atoms with van der Waals surface area (Å²) in [7, 11) is 0. The third-order valence-electron chi connectivity index (χ3n) is 5.61. The number of aliphatic carboxylic acids is 1. The Kier molecular flexibility index (Phi) is 6.51. The number of rotatable bonds is 8. The average Bonchev–Trinajstić information content (AvgIpc) is 3.40. The zero-order chi connectivity index (χ0) is 22.7. The van der Waals surface area contributed by atoms with Crippen LogP contribution in [0.4, 0.5) is 0 Å². The molecule has 2 heterocycles. The molecule has 0 aliphatic carbocycles. The van der Waals surface area contributed by atoms with Gasteiger partial charge in [-0.3, -0.25) is 0 Å². The number of halogens is 1. The largest absolute Gasteiger partial charge is 0.478 e. The number of aryl methyl sites for hydroxylation is 1. The van der Waals surface area contributed by atoms with Crippen molar-refractivity contribution in [2.75, 3.05) is 6.79 Å². The highest BCUT2D eigenvalue weighted by molar-refractivity contribution is 6.31. The van der Waals surface area contributed by atoms with Gasteiger partial charge in [0.05, 0.1) is 24.0 Å². The highest BCUT2D eigenvalue weighted by atomic mass is 35.5. The fraction of sp³-hybridized carbons (Fsp3) is 0.280. The minimum absolute atomic E-state index is 0.134. The number of imidazole rings is 1. The molecule has 0 saturated carbocycles. The molecule has 0 amide bonds. The molecule has 3 aromatic rings. The summed E-state index contributed by atoms with van der Waals surface area (Å²) in [6, 6.07) is 12.9. The first kappa shape index (κ1) is 22.0. The molecule has 32 heavy (non-hydrogen) atoms. The second kappa shape index (κ2) is 9.49. The van der Waals surface area contributed by atoms with Crippen LogP contribution in [0.5, 0.6) is 11.5 Å². The van der Waals surface area contributed by atoms with Crippen LogP contribution in [0, 0.1) is 0 Å². The minimum Gasteiger partial charge on any atom is -0.478 e. The van der Waals surface area contributed by atoms with E-state index in [0.717, 1.165) is 36.3 Å². The molecule has 0 bridgehead atoms. The van der Waals surface area contributed by atoms with Crippen molar-refractivity contribution in [1.29, 1.82) is 0 Å². The summed E-state index contributed by atoms with van der Waals surface area (Å²) in [6.07, 6.45) is 4.60. The molecular weight excluding hydrogens is 428 g/mol. The predicted octanol–water partition coefficient (Wildman–Crippen LogP) is 5.67. The Hall–Kier alpha value is -3.25. The van der Waals surface area contributed by atoms with Crippen molar-refractivity contribution in [3.8, 4) is 11.5 Å². The van der Waals surface area contributed by atoms with Gasteiger partial charge in [-0.15, -0.1) is 0 Å². The lowest BCUT2D eigenvalue weighted by molar-refractivity contribution is -0.130. The lowest BCUT2D eigenvalue weighted by atomic mass is 9.98. The first-order valence-electron chi connectivity index (χ1n) is 10.6. The normalized spacial score (nSPS) is 13.2. The van der Waals surface area contributed by atoms with E-state index in [1.165, 1.54) is 0 Å². The van der Waals surface area contributed by atoms with E-state index in [-0.39, 0.29) is 12.4 Å². The van der Waals surface area contributed by atoms with Gasteiger partial charge in [0.25, 0.3) is 0 Å². The summed E-state index contributed by atoms with van der Waals surface area (Å²) < 4.78 is 12.9. The van der Waals surface area contributed by atoms with Gasteiger partial charge >= 0.3 is 5.97 Å². The molecule has 4 rings (SSSR count). The van der Waals surface area contributed by atoms with E-state index in [9.17, 15) is 9.90 Å². The molecule has 1 aromatic heterocycles. The van der Waals surface area contributed by atoms with Crippen molar-refractivity contribution in [1.82, 2.24) is 9.55 Å². The maximum atomic E-state index is 12.3. The molecule has 0 unspecified atom stereocenters. The number of benzene rings is 2. The van der Waals surface area contributed by atoms with Gasteiger partial charge in [0.1, 0.15) is 5.82 Å². The zero-order valence-corrected chi connectivity index (χ0v) is 18.9. The smallest absolute Gasteiger partial charge is 0.336 e. The average molecular weight is 453 g/mol. The Morgan fingerprint density at radius 2 is 1.97 bits per heavy atom. The Bertz CT molecular complexity index is 1180. The molecule has 166 valence electrons. The van der Waals surface area contributed by atoms with Gasteiger partial charge in [-0.1, -0.05) is 49.2 Å². The number of unbranched alkanes of at least 4 members (excludes halogenated alkanes) is 1. The zero-order valence-electron chi connectivity index (χ0n) is 18.1. The van der Waals surface area contributed by atoms with Crippen LogP contribution in [-0.2, 0) is 17.8 Å². The summed E-state index contributed by atoms with van der Waals surface area (Å²) >= 11 is 6.43. The monoisotopic (exact) mass is 452 g/mol. The first-order chi connectivity index (χ1) is 15.5. The van der Waals surface area contributed by atoms with Crippen molar-refractivity contribution >= 4 is 28.7 Å². The van der Waals surface area contributed by atoms with Crippen LogP contribution in [0.25, 0.3) is 11.1 Å². The van der Waals surface area contributed by atoms with E-state index in [1.54, 1.807) is 24.4 Å². The van der Waals surface area contributed by atoms with Gasteiger partial charge in [-0.25, -0.2) is 9.78 Å². The number of hydrogen-bond donors (Lipinski definition) is 1. The fourth-order valence-corrected chi connectivity index (χ4v) is 4.10. The molecule has 0 saturated heterocycles. The highest BCUT2D eigenvalue weighted by Crippen LogP contribution is 2.37. The SMILES string of the molecule is CCCCc1ncc(/C(C)=C(/C(=O)O)c2ccc3c(c2)OCO3)n1Cc1ccccc1Cl. The number of carboxylic acids is 1. The minimum atomic E-state index is -1.01. The van der Waals surface area contributed by atoms with Crippen molar-refractivity contribution < 1.29 is 19.4 Å². The van der Waals surface area contributed by atoms with Gasteiger partial charge in [-0.05, 0) is 48.2 Å².